The number of nitrogens with zero attached hydrogens (tertiary/aromatic N) is 6. The number of nitrogens with one attached hydrogen (secondary N) is 1. The van der Waals surface area contributed by atoms with Crippen LogP contribution in [-0.2, 0) is 39.8 Å². The maximum absolute atomic E-state index is 13.5. The van der Waals surface area contributed by atoms with Crippen molar-refractivity contribution in [2.45, 2.75) is 27.8 Å². The Labute approximate surface area is 274 Å². The van der Waals surface area contributed by atoms with Crippen molar-refractivity contribution in [2.24, 2.45) is 10.2 Å². The Morgan fingerprint density at radius 3 is 2.02 bits per heavy atom. The van der Waals surface area contributed by atoms with Gasteiger partial charge in [0.15, 0.2) is 15.7 Å². The lowest BCUT2D eigenvalue weighted by atomic mass is 10.2. The molecule has 0 aliphatic carbocycles. The minimum Gasteiger partial charge on any atom is -0.480 e. The number of carboxylic acids is 2. The van der Waals surface area contributed by atoms with E-state index in [2.05, 4.69) is 25.6 Å². The van der Waals surface area contributed by atoms with E-state index in [-0.39, 0.29) is 44.3 Å². The molecular formula is C24H21N7O13S4. The number of aliphatic carboxylic acids is 1. The molecule has 24 heteroatoms. The first-order valence-electron chi connectivity index (χ1n) is 12.6. The van der Waals surface area contributed by atoms with Crippen molar-refractivity contribution >= 4 is 82.3 Å². The van der Waals surface area contributed by atoms with Crippen LogP contribution in [0.3, 0.4) is 0 Å². The first kappa shape index (κ1) is 35.7. The van der Waals surface area contributed by atoms with Crippen LogP contribution in [0.25, 0.3) is 5.69 Å². The van der Waals surface area contributed by atoms with Crippen LogP contribution < -0.4 is 9.62 Å². The molecule has 4 aromatic rings. The summed E-state index contributed by atoms with van der Waals surface area (Å²) < 4.78 is 93.3. The Kier molecular flexibility index (Phi) is 9.79. The quantitative estimate of drug-likeness (QED) is 0.0746. The molecule has 2 aromatic carbocycles. The highest BCUT2D eigenvalue weighted by Crippen LogP contribution is 2.37. The van der Waals surface area contributed by atoms with Crippen LogP contribution in [-0.4, -0.2) is 84.2 Å². The molecule has 2 heterocycles. The summed E-state index contributed by atoms with van der Waals surface area (Å²) in [6.07, 6.45) is -0.284. The second-order valence-corrected chi connectivity index (χ2v) is 15.2. The van der Waals surface area contributed by atoms with E-state index >= 15 is 0 Å². The highest BCUT2D eigenvalue weighted by atomic mass is 32.2. The number of aromatic carboxylic acids is 1. The van der Waals surface area contributed by atoms with Gasteiger partial charge in [0.2, 0.25) is 11.5 Å². The minimum absolute atomic E-state index is 0.00916. The van der Waals surface area contributed by atoms with E-state index < -0.39 is 68.4 Å². The highest BCUT2D eigenvalue weighted by molar-refractivity contribution is 7.95. The van der Waals surface area contributed by atoms with E-state index in [1.54, 1.807) is 0 Å². The minimum atomic E-state index is -5.15. The first-order chi connectivity index (χ1) is 22.2. The lowest BCUT2D eigenvalue weighted by Gasteiger charge is -2.18. The monoisotopic (exact) mass is 743 g/mol. The Morgan fingerprint density at radius 2 is 1.52 bits per heavy atom. The summed E-state index contributed by atoms with van der Waals surface area (Å²) in [5.74, 6) is -2.41. The Hall–Kier alpha value is -5.14. The summed E-state index contributed by atoms with van der Waals surface area (Å²) >= 11 is 0.388. The second-order valence-electron chi connectivity index (χ2n) is 9.38. The zero-order valence-electron chi connectivity index (χ0n) is 24.1. The number of anilines is 2. The number of thiazole rings is 1. The highest BCUT2D eigenvalue weighted by Gasteiger charge is 2.32. The SMILES string of the molecule is Cc1nc(N=Nc2c(C)nn(-c3ccc(C(=O)O)cc3)c2NCC(=O)O)sc1S(=O)(=O)N(C=O)c1cc(S(=O)(=O)O)cc(S(=O)(=O)O)c1. The number of rotatable bonds is 13. The summed E-state index contributed by atoms with van der Waals surface area (Å²) in [7, 11) is -15.3. The molecule has 4 rings (SSSR count). The van der Waals surface area contributed by atoms with E-state index in [1.807, 2.05) is 0 Å². The van der Waals surface area contributed by atoms with Gasteiger partial charge < -0.3 is 15.5 Å². The smallest absolute Gasteiger partial charge is 0.335 e. The molecule has 0 radical (unpaired) electrons. The fourth-order valence-electron chi connectivity index (χ4n) is 3.96. The summed E-state index contributed by atoms with van der Waals surface area (Å²) in [6.45, 7) is 2.11. The van der Waals surface area contributed by atoms with Crippen molar-refractivity contribution in [1.29, 1.82) is 0 Å². The van der Waals surface area contributed by atoms with Crippen molar-refractivity contribution in [2.75, 3.05) is 16.2 Å². The lowest BCUT2D eigenvalue weighted by molar-refractivity contribution is -0.135. The van der Waals surface area contributed by atoms with E-state index in [1.165, 1.54) is 42.8 Å². The van der Waals surface area contributed by atoms with Crippen molar-refractivity contribution in [1.82, 2.24) is 14.8 Å². The van der Waals surface area contributed by atoms with Crippen LogP contribution in [0.2, 0.25) is 0 Å². The number of aromatic nitrogens is 3. The van der Waals surface area contributed by atoms with Crippen molar-refractivity contribution in [3.05, 3.63) is 59.4 Å². The van der Waals surface area contributed by atoms with Crippen molar-refractivity contribution in [3.63, 3.8) is 0 Å². The molecule has 20 nitrogen and oxygen atoms in total. The summed E-state index contributed by atoms with van der Waals surface area (Å²) in [4.78, 5) is 36.3. The zero-order valence-corrected chi connectivity index (χ0v) is 27.4. The van der Waals surface area contributed by atoms with Gasteiger partial charge in [-0.25, -0.2) is 18.8 Å². The van der Waals surface area contributed by atoms with E-state index in [4.69, 9.17) is 0 Å². The Bertz CT molecular complexity index is 2260. The molecular weight excluding hydrogens is 723 g/mol. The Morgan fingerprint density at radius 1 is 0.938 bits per heavy atom. The normalized spacial score (nSPS) is 12.2. The van der Waals surface area contributed by atoms with Gasteiger partial charge in [0.05, 0.1) is 38.1 Å². The Balaban J connectivity index is 1.77. The molecule has 0 unspecified atom stereocenters. The van der Waals surface area contributed by atoms with Crippen molar-refractivity contribution < 1.29 is 59.0 Å². The average Bonchev–Trinajstić information content (AvgIpc) is 3.52. The van der Waals surface area contributed by atoms with E-state index in [0.29, 0.717) is 35.2 Å². The molecule has 2 aromatic heterocycles. The molecule has 254 valence electrons. The molecule has 5 N–H and O–H groups in total. The number of benzene rings is 2. The van der Waals surface area contributed by atoms with Crippen molar-refractivity contribution in [3.8, 4) is 5.69 Å². The number of carbonyl (C=O) groups is 3. The van der Waals surface area contributed by atoms with Gasteiger partial charge in [0.25, 0.3) is 30.3 Å². The third-order valence-corrected chi connectivity index (χ3v) is 11.0. The van der Waals surface area contributed by atoms with Gasteiger partial charge in [-0.05, 0) is 56.3 Å². The number of hydrogen-bond donors (Lipinski definition) is 5. The molecule has 0 spiro atoms. The van der Waals surface area contributed by atoms with Gasteiger partial charge in [-0.2, -0.15) is 30.4 Å². The standard InChI is InChI=1S/C24H21N7O13S4/c1-12-20(21(25-10-19(33)34)31(29-12)15-5-3-14(4-6-15)22(35)36)27-28-24-26-13(2)23(45-24)46(37,38)30(11-32)16-7-17(47(39,40)41)9-18(8-16)48(42,43)44/h3-9,11,25H,10H2,1-2H3,(H,33,34)(H,35,36)(H,39,40,41)(H,42,43,44). The molecule has 0 atom stereocenters. The van der Waals surface area contributed by atoms with E-state index in [0.717, 1.165) is 0 Å². The van der Waals surface area contributed by atoms with Gasteiger partial charge in [-0.1, -0.05) is 11.3 Å². The third-order valence-electron chi connectivity index (χ3n) is 6.08. The molecule has 48 heavy (non-hydrogen) atoms. The fourth-order valence-corrected chi connectivity index (χ4v) is 7.73. The molecule has 0 saturated heterocycles. The topological polar surface area (TPSA) is 305 Å². The predicted octanol–water partition coefficient (Wildman–Crippen LogP) is 2.40. The molecule has 0 bridgehead atoms. The number of sulfonamides is 1. The number of hydrogen-bond acceptors (Lipinski definition) is 15. The van der Waals surface area contributed by atoms with Crippen LogP contribution in [0.4, 0.5) is 22.3 Å². The maximum Gasteiger partial charge on any atom is 0.335 e. The number of aryl methyl sites for hydroxylation is 2. The van der Waals surface area contributed by atoms with Crippen LogP contribution in [0.1, 0.15) is 21.7 Å². The largest absolute Gasteiger partial charge is 0.480 e. The average molecular weight is 744 g/mol. The molecule has 0 aliphatic heterocycles. The number of carbonyl (C=O) groups excluding carboxylic acids is 1. The zero-order chi connectivity index (χ0) is 35.8. The van der Waals surface area contributed by atoms with Crippen LogP contribution in [0.15, 0.2) is 66.7 Å². The molecule has 1 amide bonds. The lowest BCUT2D eigenvalue weighted by Crippen LogP contribution is -2.30. The van der Waals surface area contributed by atoms with Gasteiger partial charge in [-0.3, -0.25) is 18.7 Å². The second kappa shape index (κ2) is 13.2. The summed E-state index contributed by atoms with van der Waals surface area (Å²) in [5, 5.41) is 33.0. The number of amides is 1. The first-order valence-corrected chi connectivity index (χ1v) is 17.8. The van der Waals surface area contributed by atoms with Crippen LogP contribution >= 0.6 is 11.3 Å². The van der Waals surface area contributed by atoms with Gasteiger partial charge in [0, 0.05) is 0 Å². The van der Waals surface area contributed by atoms with Gasteiger partial charge in [0.1, 0.15) is 6.54 Å². The van der Waals surface area contributed by atoms with Crippen LogP contribution in [0.5, 0.6) is 0 Å². The molecule has 0 saturated carbocycles. The number of carboxylic acid groups (broad SMARTS) is 2. The summed E-state index contributed by atoms with van der Waals surface area (Å²) in [5.41, 5.74) is -0.611. The summed E-state index contributed by atoms with van der Waals surface area (Å²) in [6, 6.07) is 6.71. The fraction of sp³-hybridized carbons (Fsp3) is 0.125. The number of azo groups is 1. The maximum atomic E-state index is 13.5. The third kappa shape index (κ3) is 7.53. The molecule has 0 fully saturated rings. The van der Waals surface area contributed by atoms with Crippen LogP contribution in [0, 0.1) is 13.8 Å². The van der Waals surface area contributed by atoms with E-state index in [9.17, 15) is 59.0 Å². The molecule has 0 aliphatic rings. The van der Waals surface area contributed by atoms with Gasteiger partial charge >= 0.3 is 11.9 Å². The predicted molar refractivity (Wildman–Crippen MR) is 164 cm³/mol. The van der Waals surface area contributed by atoms with Gasteiger partial charge in [-0.15, -0.1) is 10.2 Å².